The molecule has 74 valence electrons. The van der Waals surface area contributed by atoms with Crippen LogP contribution >= 0.6 is 0 Å². The van der Waals surface area contributed by atoms with E-state index >= 15 is 0 Å². The number of rotatable bonds is 2. The van der Waals surface area contributed by atoms with Gasteiger partial charge in [-0.25, -0.2) is 0 Å². The molecule has 2 rings (SSSR count). The molecule has 0 aromatic carbocycles. The van der Waals surface area contributed by atoms with E-state index in [4.69, 9.17) is 0 Å². The third-order valence-corrected chi connectivity index (χ3v) is 2.79. The summed E-state index contributed by atoms with van der Waals surface area (Å²) in [6, 6.07) is 0.141. The number of Topliss-reactive ketones (excluding diaryl/α,β-unsaturated/α-hetero) is 1. The highest BCUT2D eigenvalue weighted by Gasteiger charge is 2.29. The fourth-order valence-corrected chi connectivity index (χ4v) is 2.02. The second-order valence-electron chi connectivity index (χ2n) is 3.76. The van der Waals surface area contributed by atoms with E-state index in [1.165, 1.54) is 0 Å². The zero-order valence-corrected chi connectivity index (χ0v) is 7.81. The lowest BCUT2D eigenvalue weighted by atomic mass is 10.0. The Bertz CT molecular complexity index is 183. The van der Waals surface area contributed by atoms with Gasteiger partial charge in [-0.2, -0.15) is 0 Å². The van der Waals surface area contributed by atoms with Crippen molar-refractivity contribution in [3.8, 4) is 0 Å². The topological polar surface area (TPSA) is 53.2 Å². The van der Waals surface area contributed by atoms with E-state index in [2.05, 4.69) is 16.0 Å². The van der Waals surface area contributed by atoms with Crippen molar-refractivity contribution in [3.05, 3.63) is 0 Å². The van der Waals surface area contributed by atoms with Crippen molar-refractivity contribution in [2.75, 3.05) is 26.2 Å². The zero-order chi connectivity index (χ0) is 9.10. The summed E-state index contributed by atoms with van der Waals surface area (Å²) in [6.07, 6.45) is 2.15. The number of piperazine rings is 1. The van der Waals surface area contributed by atoms with E-state index in [1.54, 1.807) is 0 Å². The quantitative estimate of drug-likeness (QED) is 0.507. The first-order chi connectivity index (χ1) is 6.38. The van der Waals surface area contributed by atoms with Gasteiger partial charge < -0.3 is 16.0 Å². The van der Waals surface area contributed by atoms with Gasteiger partial charge in [-0.1, -0.05) is 0 Å². The predicted octanol–water partition coefficient (Wildman–Crippen LogP) is -1.13. The molecule has 0 unspecified atom stereocenters. The lowest BCUT2D eigenvalue weighted by Gasteiger charge is -2.25. The highest BCUT2D eigenvalue weighted by Crippen LogP contribution is 2.08. The van der Waals surface area contributed by atoms with E-state index < -0.39 is 0 Å². The molecule has 0 spiro atoms. The van der Waals surface area contributed by atoms with Crippen molar-refractivity contribution >= 4 is 5.78 Å². The maximum atomic E-state index is 11.8. The molecule has 0 saturated carbocycles. The molecule has 2 fully saturated rings. The van der Waals surface area contributed by atoms with Gasteiger partial charge in [0.15, 0.2) is 5.78 Å². The van der Waals surface area contributed by atoms with E-state index in [0.29, 0.717) is 5.78 Å². The van der Waals surface area contributed by atoms with Crippen LogP contribution in [0.25, 0.3) is 0 Å². The van der Waals surface area contributed by atoms with Gasteiger partial charge in [-0.05, 0) is 19.4 Å². The molecule has 4 heteroatoms. The van der Waals surface area contributed by atoms with Crippen molar-refractivity contribution in [1.82, 2.24) is 16.0 Å². The summed E-state index contributed by atoms with van der Waals surface area (Å²) in [4.78, 5) is 11.8. The van der Waals surface area contributed by atoms with Gasteiger partial charge in [0.25, 0.3) is 0 Å². The monoisotopic (exact) mass is 183 g/mol. The molecular weight excluding hydrogens is 166 g/mol. The Morgan fingerprint density at radius 3 is 2.54 bits per heavy atom. The average Bonchev–Trinajstić information content (AvgIpc) is 2.71. The van der Waals surface area contributed by atoms with Gasteiger partial charge >= 0.3 is 0 Å². The molecule has 2 heterocycles. The second-order valence-corrected chi connectivity index (χ2v) is 3.76. The summed E-state index contributed by atoms with van der Waals surface area (Å²) in [5.41, 5.74) is 0. The molecule has 2 aliphatic heterocycles. The van der Waals surface area contributed by atoms with Crippen LogP contribution in [0, 0.1) is 0 Å². The molecule has 4 nitrogen and oxygen atoms in total. The summed E-state index contributed by atoms with van der Waals surface area (Å²) in [6.45, 7) is 3.67. The Morgan fingerprint density at radius 2 is 1.92 bits per heavy atom. The zero-order valence-electron chi connectivity index (χ0n) is 7.81. The number of carbonyl (C=O) groups excluding carboxylic acids is 1. The third-order valence-electron chi connectivity index (χ3n) is 2.79. The number of ketones is 1. The number of nitrogens with one attached hydrogen (secondary N) is 3. The fourth-order valence-electron chi connectivity index (χ4n) is 2.02. The van der Waals surface area contributed by atoms with Crippen LogP contribution < -0.4 is 16.0 Å². The van der Waals surface area contributed by atoms with Gasteiger partial charge in [0.1, 0.15) is 0 Å². The lowest BCUT2D eigenvalue weighted by Crippen LogP contribution is -2.56. The second kappa shape index (κ2) is 4.17. The molecular formula is C9H17N3O. The highest BCUT2D eigenvalue weighted by atomic mass is 16.1. The molecule has 2 aliphatic rings. The normalized spacial score (nSPS) is 34.8. The first-order valence-corrected chi connectivity index (χ1v) is 5.09. The summed E-state index contributed by atoms with van der Waals surface area (Å²) in [5, 5.41) is 9.71. The Labute approximate surface area is 78.5 Å². The van der Waals surface area contributed by atoms with Gasteiger partial charge in [0.05, 0.1) is 12.1 Å². The summed E-state index contributed by atoms with van der Waals surface area (Å²) in [5.74, 6) is 0.338. The fraction of sp³-hybridized carbons (Fsp3) is 0.889. The van der Waals surface area contributed by atoms with E-state index in [1.807, 2.05) is 0 Å². The van der Waals surface area contributed by atoms with E-state index in [9.17, 15) is 4.79 Å². The third kappa shape index (κ3) is 2.07. The number of hydrogen-bond donors (Lipinski definition) is 3. The van der Waals surface area contributed by atoms with Crippen molar-refractivity contribution in [3.63, 3.8) is 0 Å². The van der Waals surface area contributed by atoms with E-state index in [0.717, 1.165) is 39.0 Å². The van der Waals surface area contributed by atoms with Crippen molar-refractivity contribution < 1.29 is 4.79 Å². The van der Waals surface area contributed by atoms with Crippen LogP contribution in [-0.2, 0) is 4.79 Å². The SMILES string of the molecule is O=C([C@@H]1CCCN1)[C@@H]1CNCCN1. The summed E-state index contributed by atoms with van der Waals surface area (Å²) < 4.78 is 0. The minimum atomic E-state index is 0.0318. The van der Waals surface area contributed by atoms with Crippen molar-refractivity contribution in [2.45, 2.75) is 24.9 Å². The van der Waals surface area contributed by atoms with Gasteiger partial charge in [0.2, 0.25) is 0 Å². The summed E-state index contributed by atoms with van der Waals surface area (Å²) in [7, 11) is 0. The van der Waals surface area contributed by atoms with Crippen LogP contribution in [0.2, 0.25) is 0 Å². The highest BCUT2D eigenvalue weighted by molar-refractivity contribution is 5.89. The molecule has 3 N–H and O–H groups in total. The molecule has 13 heavy (non-hydrogen) atoms. The average molecular weight is 183 g/mol. The number of carbonyl (C=O) groups is 1. The van der Waals surface area contributed by atoms with Crippen LogP contribution in [0.15, 0.2) is 0 Å². The smallest absolute Gasteiger partial charge is 0.167 e. The molecule has 0 amide bonds. The molecule has 0 radical (unpaired) electrons. The first-order valence-electron chi connectivity index (χ1n) is 5.09. The Hall–Kier alpha value is -0.450. The minimum Gasteiger partial charge on any atom is -0.313 e. The van der Waals surface area contributed by atoms with Gasteiger partial charge in [0, 0.05) is 19.6 Å². The molecule has 0 aromatic rings. The minimum absolute atomic E-state index is 0.0318. The standard InChI is InChI=1S/C9H17N3O/c13-9(7-2-1-3-11-7)8-6-10-4-5-12-8/h7-8,10-12H,1-6H2/t7-,8-/m0/s1. The summed E-state index contributed by atoms with van der Waals surface area (Å²) >= 11 is 0. The first kappa shape index (κ1) is 9.12. The van der Waals surface area contributed by atoms with Crippen molar-refractivity contribution in [2.24, 2.45) is 0 Å². The van der Waals surface area contributed by atoms with E-state index in [-0.39, 0.29) is 12.1 Å². The molecule has 2 atom stereocenters. The van der Waals surface area contributed by atoms with Crippen LogP contribution in [0.4, 0.5) is 0 Å². The molecule has 2 saturated heterocycles. The number of hydrogen-bond acceptors (Lipinski definition) is 4. The Balaban J connectivity index is 1.87. The van der Waals surface area contributed by atoms with Gasteiger partial charge in [-0.3, -0.25) is 4.79 Å². The predicted molar refractivity (Wildman–Crippen MR) is 50.7 cm³/mol. The van der Waals surface area contributed by atoms with Crippen LogP contribution in [0.1, 0.15) is 12.8 Å². The molecule has 0 aromatic heterocycles. The van der Waals surface area contributed by atoms with Gasteiger partial charge in [-0.15, -0.1) is 0 Å². The Morgan fingerprint density at radius 1 is 1.08 bits per heavy atom. The van der Waals surface area contributed by atoms with Crippen LogP contribution in [-0.4, -0.2) is 44.0 Å². The van der Waals surface area contributed by atoms with Crippen LogP contribution in [0.5, 0.6) is 0 Å². The Kier molecular flexibility index (Phi) is 2.93. The largest absolute Gasteiger partial charge is 0.313 e. The van der Waals surface area contributed by atoms with Crippen LogP contribution in [0.3, 0.4) is 0 Å². The van der Waals surface area contributed by atoms with Crippen molar-refractivity contribution in [1.29, 1.82) is 0 Å². The molecule has 0 aliphatic carbocycles. The maximum absolute atomic E-state index is 11.8. The lowest BCUT2D eigenvalue weighted by molar-refractivity contribution is -0.122. The maximum Gasteiger partial charge on any atom is 0.167 e. The molecule has 0 bridgehead atoms.